The Morgan fingerprint density at radius 2 is 1.82 bits per heavy atom. The summed E-state index contributed by atoms with van der Waals surface area (Å²) in [6.07, 6.45) is 2.76. The summed E-state index contributed by atoms with van der Waals surface area (Å²) in [7, 11) is 1.51. The molecule has 0 unspecified atom stereocenters. The quantitative estimate of drug-likeness (QED) is 0.262. The van der Waals surface area contributed by atoms with Crippen LogP contribution >= 0.6 is 23.2 Å². The van der Waals surface area contributed by atoms with Crippen molar-refractivity contribution in [2.45, 2.75) is 26.7 Å². The van der Waals surface area contributed by atoms with Gasteiger partial charge in [0.2, 0.25) is 5.95 Å². The number of benzene rings is 2. The monoisotopic (exact) mass is 558 g/mol. The van der Waals surface area contributed by atoms with Crippen LogP contribution in [0.3, 0.4) is 0 Å². The van der Waals surface area contributed by atoms with Crippen LogP contribution in [0.5, 0.6) is 5.75 Å². The van der Waals surface area contributed by atoms with E-state index >= 15 is 0 Å². The predicted molar refractivity (Wildman–Crippen MR) is 152 cm³/mol. The average molecular weight is 559 g/mol. The van der Waals surface area contributed by atoms with Crippen molar-refractivity contribution < 1.29 is 14.3 Å². The molecular formula is C27H32Cl2N6O3. The molecule has 0 aliphatic carbocycles. The number of halogens is 2. The maximum atomic E-state index is 12.6. The number of aromatic nitrogens is 2. The second-order valence-electron chi connectivity index (χ2n) is 8.44. The van der Waals surface area contributed by atoms with Gasteiger partial charge in [-0.15, -0.1) is 0 Å². The lowest BCUT2D eigenvalue weighted by molar-refractivity contribution is 0.0952. The maximum Gasteiger partial charge on any atom is 0.420 e. The molecule has 0 aliphatic heterocycles. The summed E-state index contributed by atoms with van der Waals surface area (Å²) in [6.45, 7) is 8.02. The molecular weight excluding hydrogens is 527 g/mol. The molecule has 0 atom stereocenters. The molecule has 3 rings (SSSR count). The first-order valence-corrected chi connectivity index (χ1v) is 13.2. The third kappa shape index (κ3) is 8.58. The zero-order chi connectivity index (χ0) is 27.5. The average Bonchev–Trinajstić information content (AvgIpc) is 2.92. The molecule has 0 saturated heterocycles. The van der Waals surface area contributed by atoms with E-state index in [0.29, 0.717) is 28.6 Å². The number of amides is 2. The van der Waals surface area contributed by atoms with Crippen molar-refractivity contribution in [3.63, 3.8) is 0 Å². The Labute approximate surface area is 233 Å². The fourth-order valence-electron chi connectivity index (χ4n) is 3.58. The Bertz CT molecular complexity index is 1240. The number of hydrogen-bond donors (Lipinski definition) is 2. The van der Waals surface area contributed by atoms with Crippen LogP contribution in [0.2, 0.25) is 10.0 Å². The van der Waals surface area contributed by atoms with Crippen molar-refractivity contribution in [3.05, 3.63) is 70.3 Å². The van der Waals surface area contributed by atoms with Gasteiger partial charge in [0, 0.05) is 42.1 Å². The number of nitrogens with zero attached hydrogens (tertiary/aromatic N) is 4. The van der Waals surface area contributed by atoms with E-state index in [-0.39, 0.29) is 22.6 Å². The fourth-order valence-corrected chi connectivity index (χ4v) is 3.90. The summed E-state index contributed by atoms with van der Waals surface area (Å²) in [5, 5.41) is 6.69. The highest BCUT2D eigenvalue weighted by molar-refractivity contribution is 6.34. The normalized spacial score (nSPS) is 10.8. The van der Waals surface area contributed by atoms with E-state index in [1.165, 1.54) is 24.2 Å². The van der Waals surface area contributed by atoms with Crippen LogP contribution in [0.4, 0.5) is 22.2 Å². The summed E-state index contributed by atoms with van der Waals surface area (Å²) in [5.74, 6) is 0.539. The second-order valence-corrected chi connectivity index (χ2v) is 9.28. The van der Waals surface area contributed by atoms with Crippen molar-refractivity contribution in [2.75, 3.05) is 43.4 Å². The van der Waals surface area contributed by atoms with Gasteiger partial charge in [0.25, 0.3) is 5.91 Å². The molecule has 9 nitrogen and oxygen atoms in total. The molecule has 202 valence electrons. The van der Waals surface area contributed by atoms with Gasteiger partial charge in [0.15, 0.2) is 5.75 Å². The highest BCUT2D eigenvalue weighted by Gasteiger charge is 2.17. The van der Waals surface area contributed by atoms with Crippen LogP contribution in [0.15, 0.2) is 54.7 Å². The van der Waals surface area contributed by atoms with E-state index in [0.717, 1.165) is 32.5 Å². The molecule has 0 fully saturated rings. The van der Waals surface area contributed by atoms with Gasteiger partial charge < -0.3 is 20.3 Å². The van der Waals surface area contributed by atoms with Crippen molar-refractivity contribution >= 4 is 52.7 Å². The third-order valence-electron chi connectivity index (χ3n) is 5.81. The summed E-state index contributed by atoms with van der Waals surface area (Å²) in [5.41, 5.74) is 1.15. The van der Waals surface area contributed by atoms with Gasteiger partial charge in [-0.2, -0.15) is 4.98 Å². The number of anilines is 3. The minimum Gasteiger partial charge on any atom is -0.408 e. The van der Waals surface area contributed by atoms with E-state index in [1.807, 2.05) is 0 Å². The minimum atomic E-state index is -0.699. The van der Waals surface area contributed by atoms with Crippen LogP contribution in [-0.2, 0) is 0 Å². The smallest absolute Gasteiger partial charge is 0.408 e. The number of carbonyl (C=O) groups is 2. The SMILES string of the molecule is CCN(CC)CCCCNC(=O)c1cccc(Nc2nccc(N(C)C(=O)Oc3cc(Cl)ccc3Cl)n2)c1. The van der Waals surface area contributed by atoms with Gasteiger partial charge in [0.1, 0.15) is 5.82 Å². The predicted octanol–water partition coefficient (Wildman–Crippen LogP) is 6.01. The Morgan fingerprint density at radius 1 is 1.03 bits per heavy atom. The highest BCUT2D eigenvalue weighted by atomic mass is 35.5. The van der Waals surface area contributed by atoms with Gasteiger partial charge in [0.05, 0.1) is 5.02 Å². The van der Waals surface area contributed by atoms with Crippen LogP contribution in [0.1, 0.15) is 37.0 Å². The van der Waals surface area contributed by atoms with E-state index in [9.17, 15) is 9.59 Å². The van der Waals surface area contributed by atoms with Crippen LogP contribution in [0, 0.1) is 0 Å². The number of carbonyl (C=O) groups excluding carboxylic acids is 2. The molecule has 11 heteroatoms. The van der Waals surface area contributed by atoms with E-state index in [4.69, 9.17) is 27.9 Å². The second kappa shape index (κ2) is 14.5. The first-order chi connectivity index (χ1) is 18.3. The molecule has 38 heavy (non-hydrogen) atoms. The van der Waals surface area contributed by atoms with Crippen molar-refractivity contribution in [1.29, 1.82) is 0 Å². The third-order valence-corrected chi connectivity index (χ3v) is 6.36. The molecule has 2 amide bonds. The van der Waals surface area contributed by atoms with Gasteiger partial charge in [-0.1, -0.05) is 43.1 Å². The number of nitrogens with one attached hydrogen (secondary N) is 2. The largest absolute Gasteiger partial charge is 0.420 e. The molecule has 0 spiro atoms. The van der Waals surface area contributed by atoms with Crippen LogP contribution in [-0.4, -0.2) is 60.1 Å². The molecule has 1 aromatic heterocycles. The first kappa shape index (κ1) is 29.2. The number of unbranched alkanes of at least 4 members (excludes halogenated alkanes) is 1. The van der Waals surface area contributed by atoms with E-state index in [1.54, 1.807) is 42.5 Å². The molecule has 1 heterocycles. The van der Waals surface area contributed by atoms with Gasteiger partial charge in [-0.05, 0) is 68.9 Å². The standard InChI is InChI=1S/C27H32Cl2N6O3/c1-4-35(5-2)16-7-6-14-30-25(36)19-9-8-10-21(17-19)32-26-31-15-13-24(33-26)34(3)27(37)38-23-18-20(28)11-12-22(23)29/h8-13,15,17-18H,4-7,14,16H2,1-3H3,(H,30,36)(H,31,32,33). The molecule has 3 aromatic rings. The fraction of sp³-hybridized carbons (Fsp3) is 0.333. The van der Waals surface area contributed by atoms with E-state index < -0.39 is 6.09 Å². The Kier molecular flexibility index (Phi) is 11.1. The molecule has 0 bridgehead atoms. The minimum absolute atomic E-state index is 0.141. The summed E-state index contributed by atoms with van der Waals surface area (Å²) in [6, 6.07) is 13.2. The van der Waals surface area contributed by atoms with Crippen LogP contribution in [0.25, 0.3) is 0 Å². The lowest BCUT2D eigenvalue weighted by atomic mass is 10.2. The van der Waals surface area contributed by atoms with Gasteiger partial charge >= 0.3 is 6.09 Å². The zero-order valence-electron chi connectivity index (χ0n) is 21.7. The molecule has 2 N–H and O–H groups in total. The number of hydrogen-bond acceptors (Lipinski definition) is 7. The highest BCUT2D eigenvalue weighted by Crippen LogP contribution is 2.28. The Balaban J connectivity index is 1.57. The molecule has 2 aromatic carbocycles. The van der Waals surface area contributed by atoms with Gasteiger partial charge in [-0.25, -0.2) is 9.78 Å². The maximum absolute atomic E-state index is 12.6. The number of ether oxygens (including phenoxy) is 1. The van der Waals surface area contributed by atoms with Crippen molar-refractivity contribution in [1.82, 2.24) is 20.2 Å². The lowest BCUT2D eigenvalue weighted by Crippen LogP contribution is -2.30. The molecule has 0 saturated carbocycles. The van der Waals surface area contributed by atoms with Crippen molar-refractivity contribution in [3.8, 4) is 5.75 Å². The van der Waals surface area contributed by atoms with Gasteiger partial charge in [-0.3, -0.25) is 9.69 Å². The Hall–Kier alpha value is -3.40. The Morgan fingerprint density at radius 3 is 2.58 bits per heavy atom. The summed E-state index contributed by atoms with van der Waals surface area (Å²) >= 11 is 12.0. The van der Waals surface area contributed by atoms with E-state index in [2.05, 4.69) is 39.3 Å². The summed E-state index contributed by atoms with van der Waals surface area (Å²) < 4.78 is 5.36. The number of rotatable bonds is 12. The lowest BCUT2D eigenvalue weighted by Gasteiger charge is -2.17. The molecule has 0 aliphatic rings. The van der Waals surface area contributed by atoms with Crippen LogP contribution < -0.4 is 20.3 Å². The van der Waals surface area contributed by atoms with Crippen molar-refractivity contribution in [2.24, 2.45) is 0 Å². The first-order valence-electron chi connectivity index (χ1n) is 12.4. The topological polar surface area (TPSA) is 99.7 Å². The molecule has 0 radical (unpaired) electrons. The zero-order valence-corrected chi connectivity index (χ0v) is 23.2. The summed E-state index contributed by atoms with van der Waals surface area (Å²) in [4.78, 5) is 37.4.